The summed E-state index contributed by atoms with van der Waals surface area (Å²) in [5, 5.41) is 4.75. The highest BCUT2D eigenvalue weighted by atomic mass is 16.6. The van der Waals surface area contributed by atoms with Crippen molar-refractivity contribution in [3.63, 3.8) is 0 Å². The molecule has 15 nitrogen and oxygen atoms in total. The first-order valence-corrected chi connectivity index (χ1v) is 16.0. The Kier molecular flexibility index (Phi) is 12.6. The number of carbonyl (C=O) groups excluding carboxylic acids is 3. The van der Waals surface area contributed by atoms with Gasteiger partial charge in [-0.05, 0) is 26.0 Å². The number of Topliss-reactive ketones (excluding diaryl/α,β-unsaturated/α-hetero) is 1. The molecule has 1 N–H and O–H groups in total. The van der Waals surface area contributed by atoms with Gasteiger partial charge in [0.15, 0.2) is 5.82 Å². The molecule has 1 aliphatic heterocycles. The van der Waals surface area contributed by atoms with Crippen molar-refractivity contribution in [3.8, 4) is 11.6 Å². The molecule has 48 heavy (non-hydrogen) atoms. The van der Waals surface area contributed by atoms with Crippen LogP contribution in [-0.2, 0) is 23.7 Å². The molecule has 3 aromatic heterocycles. The first-order valence-electron chi connectivity index (χ1n) is 16.0. The van der Waals surface area contributed by atoms with E-state index in [4.69, 9.17) is 23.7 Å². The van der Waals surface area contributed by atoms with E-state index in [9.17, 15) is 14.4 Å². The van der Waals surface area contributed by atoms with Crippen LogP contribution >= 0.6 is 0 Å². The molecule has 1 aromatic carbocycles. The van der Waals surface area contributed by atoms with E-state index in [0.717, 1.165) is 0 Å². The summed E-state index contributed by atoms with van der Waals surface area (Å²) in [5.74, 6) is -0.213. The molecule has 0 bridgehead atoms. The zero-order valence-electron chi connectivity index (χ0n) is 27.3. The average molecular weight is 664 g/mol. The van der Waals surface area contributed by atoms with Gasteiger partial charge >= 0.3 is 0 Å². The number of benzene rings is 1. The third-order valence-electron chi connectivity index (χ3n) is 7.60. The number of amides is 2. The minimum Gasteiger partial charge on any atom is -0.489 e. The molecular formula is C33H41N7O8. The molecule has 15 heteroatoms. The monoisotopic (exact) mass is 663 g/mol. The molecule has 0 spiro atoms. The van der Waals surface area contributed by atoms with Gasteiger partial charge in [0, 0.05) is 44.5 Å². The molecule has 1 saturated heterocycles. The molecular weight excluding hydrogens is 622 g/mol. The van der Waals surface area contributed by atoms with Crippen molar-refractivity contribution in [2.24, 2.45) is 0 Å². The Morgan fingerprint density at radius 2 is 1.44 bits per heavy atom. The van der Waals surface area contributed by atoms with Gasteiger partial charge < -0.3 is 38.5 Å². The Hall–Kier alpha value is -4.70. The van der Waals surface area contributed by atoms with Gasteiger partial charge in [-0.15, -0.1) is 0 Å². The molecule has 2 amide bonds. The van der Waals surface area contributed by atoms with Crippen molar-refractivity contribution < 1.29 is 38.1 Å². The molecule has 4 aromatic rings. The fraction of sp³-hybridized carbons (Fsp3) is 0.455. The Morgan fingerprint density at radius 3 is 2.06 bits per heavy atom. The lowest BCUT2D eigenvalue weighted by Crippen LogP contribution is -2.52. The van der Waals surface area contributed by atoms with Crippen LogP contribution in [-0.4, -0.2) is 138 Å². The SMILES string of the molecule is CCOCCOCCOCCOCCOc1cnc(-n2cnc(C)n2)c2[nH]cc(C(=O)C(=O)N3CCN(C(=O)c4ccccc4)CC3)c12. The minimum absolute atomic E-state index is 0.106. The average Bonchev–Trinajstić information content (AvgIpc) is 3.77. The zero-order chi connectivity index (χ0) is 33.7. The minimum atomic E-state index is -0.698. The van der Waals surface area contributed by atoms with Gasteiger partial charge in [-0.3, -0.25) is 14.4 Å². The quantitative estimate of drug-likeness (QED) is 0.0942. The number of aromatic amines is 1. The number of aromatic nitrogens is 5. The summed E-state index contributed by atoms with van der Waals surface area (Å²) >= 11 is 0. The molecule has 0 unspecified atom stereocenters. The number of hydrogen-bond donors (Lipinski definition) is 1. The highest BCUT2D eigenvalue weighted by Crippen LogP contribution is 2.32. The molecule has 1 aliphatic rings. The second-order valence-corrected chi connectivity index (χ2v) is 10.8. The Labute approximate surface area is 278 Å². The van der Waals surface area contributed by atoms with Gasteiger partial charge in [-0.25, -0.2) is 14.6 Å². The van der Waals surface area contributed by atoms with E-state index in [1.165, 1.54) is 28.3 Å². The van der Waals surface area contributed by atoms with E-state index in [1.807, 2.05) is 25.1 Å². The first-order chi connectivity index (χ1) is 23.5. The predicted molar refractivity (Wildman–Crippen MR) is 173 cm³/mol. The number of nitrogens with one attached hydrogen (secondary N) is 1. The van der Waals surface area contributed by atoms with Crippen molar-refractivity contribution in [2.45, 2.75) is 13.8 Å². The molecule has 0 atom stereocenters. The third-order valence-corrected chi connectivity index (χ3v) is 7.60. The van der Waals surface area contributed by atoms with Crippen LogP contribution in [0.3, 0.4) is 0 Å². The van der Waals surface area contributed by atoms with Crippen LogP contribution in [0.25, 0.3) is 16.7 Å². The summed E-state index contributed by atoms with van der Waals surface area (Å²) in [6.45, 7) is 8.71. The standard InChI is InChI=1S/C33H41N7O8/c1-3-44-13-14-45-15-16-46-17-18-47-19-20-48-27-22-35-31(40-23-36-24(2)37-40)29-28(27)26(21-34-29)30(41)33(43)39-11-9-38(10-12-39)32(42)25-7-5-4-6-8-25/h4-8,21-23,34H,3,9-20H2,1-2H3. The number of piperazine rings is 1. The maximum atomic E-state index is 13.7. The smallest absolute Gasteiger partial charge is 0.295 e. The fourth-order valence-corrected chi connectivity index (χ4v) is 5.16. The predicted octanol–water partition coefficient (Wildman–Crippen LogP) is 2.08. The second-order valence-electron chi connectivity index (χ2n) is 10.8. The van der Waals surface area contributed by atoms with Gasteiger partial charge in [-0.1, -0.05) is 18.2 Å². The van der Waals surface area contributed by atoms with Crippen molar-refractivity contribution in [1.82, 2.24) is 34.5 Å². The summed E-state index contributed by atoms with van der Waals surface area (Å²) in [4.78, 5) is 55.0. The number of carbonyl (C=O) groups is 3. The Morgan fingerprint density at radius 1 is 0.812 bits per heavy atom. The van der Waals surface area contributed by atoms with E-state index in [1.54, 1.807) is 24.0 Å². The molecule has 0 aliphatic carbocycles. The topological polar surface area (TPSA) is 163 Å². The van der Waals surface area contributed by atoms with Crippen LogP contribution in [0.1, 0.15) is 33.5 Å². The first kappa shape index (κ1) is 34.6. The molecule has 256 valence electrons. The molecule has 0 saturated carbocycles. The highest BCUT2D eigenvalue weighted by molar-refractivity contribution is 6.45. The van der Waals surface area contributed by atoms with Crippen molar-refractivity contribution >= 4 is 28.5 Å². The number of rotatable bonds is 18. The summed E-state index contributed by atoms with van der Waals surface area (Å²) in [6.07, 6.45) is 4.49. The van der Waals surface area contributed by atoms with Gasteiger partial charge in [0.1, 0.15) is 24.5 Å². The lowest BCUT2D eigenvalue weighted by molar-refractivity contribution is -0.127. The highest BCUT2D eigenvalue weighted by Gasteiger charge is 2.31. The van der Waals surface area contributed by atoms with Crippen molar-refractivity contribution in [1.29, 1.82) is 0 Å². The second kappa shape index (κ2) is 17.5. The number of aryl methyl sites for hydroxylation is 1. The lowest BCUT2D eigenvalue weighted by Gasteiger charge is -2.34. The van der Waals surface area contributed by atoms with Gasteiger partial charge in [0.2, 0.25) is 0 Å². The fourth-order valence-electron chi connectivity index (χ4n) is 5.16. The number of ketones is 1. The Bertz CT molecular complexity index is 1650. The van der Waals surface area contributed by atoms with E-state index >= 15 is 0 Å². The lowest BCUT2D eigenvalue weighted by atomic mass is 10.1. The maximum Gasteiger partial charge on any atom is 0.295 e. The van der Waals surface area contributed by atoms with Crippen LogP contribution in [0.5, 0.6) is 5.75 Å². The largest absolute Gasteiger partial charge is 0.489 e. The van der Waals surface area contributed by atoms with E-state index in [-0.39, 0.29) is 37.8 Å². The van der Waals surface area contributed by atoms with Crippen LogP contribution in [0.4, 0.5) is 0 Å². The van der Waals surface area contributed by atoms with Crippen molar-refractivity contribution in [3.05, 3.63) is 66.0 Å². The summed E-state index contributed by atoms with van der Waals surface area (Å²) in [6, 6.07) is 8.99. The maximum absolute atomic E-state index is 13.7. The van der Waals surface area contributed by atoms with Gasteiger partial charge in [0.05, 0.1) is 68.9 Å². The van der Waals surface area contributed by atoms with Crippen LogP contribution in [0.15, 0.2) is 49.1 Å². The molecule has 1 fully saturated rings. The summed E-state index contributed by atoms with van der Waals surface area (Å²) in [5.41, 5.74) is 1.19. The van der Waals surface area contributed by atoms with Crippen LogP contribution in [0, 0.1) is 6.92 Å². The molecule has 5 rings (SSSR count). The number of hydrogen-bond acceptors (Lipinski definition) is 11. The third kappa shape index (κ3) is 8.80. The molecule has 4 heterocycles. The van der Waals surface area contributed by atoms with Crippen LogP contribution in [0.2, 0.25) is 0 Å². The summed E-state index contributed by atoms with van der Waals surface area (Å²) < 4.78 is 29.3. The van der Waals surface area contributed by atoms with Gasteiger partial charge in [-0.2, -0.15) is 5.10 Å². The Balaban J connectivity index is 1.19. The van der Waals surface area contributed by atoms with Gasteiger partial charge in [0.25, 0.3) is 17.6 Å². The number of pyridine rings is 1. The van der Waals surface area contributed by atoms with E-state index in [2.05, 4.69) is 20.1 Å². The number of ether oxygens (including phenoxy) is 5. The molecule has 0 radical (unpaired) electrons. The number of nitrogens with zero attached hydrogens (tertiary/aromatic N) is 6. The van der Waals surface area contributed by atoms with Crippen LogP contribution < -0.4 is 4.74 Å². The number of fused-ring (bicyclic) bond motifs is 1. The van der Waals surface area contributed by atoms with E-state index in [0.29, 0.717) is 93.2 Å². The van der Waals surface area contributed by atoms with E-state index < -0.39 is 11.7 Å². The van der Waals surface area contributed by atoms with Crippen molar-refractivity contribution in [2.75, 3.05) is 85.6 Å². The zero-order valence-corrected chi connectivity index (χ0v) is 27.3. The normalized spacial score (nSPS) is 13.3. The number of H-pyrrole nitrogens is 1. The summed E-state index contributed by atoms with van der Waals surface area (Å²) in [7, 11) is 0.